The number of pyridine rings is 2. The Labute approximate surface area is 449 Å². The summed E-state index contributed by atoms with van der Waals surface area (Å²) in [5.41, 5.74) is 21.2. The zero-order chi connectivity index (χ0) is 53.4. The number of methoxy groups -OCH3 is 2. The Morgan fingerprint density at radius 3 is 1.47 bits per heavy atom. The average Bonchev–Trinajstić information content (AvgIpc) is 4.15. The molecule has 12 rings (SSSR count). The smallest absolute Gasteiger partial charge is 0.423 e. The first-order valence-corrected chi connectivity index (χ1v) is 26.4. The van der Waals surface area contributed by atoms with Crippen LogP contribution >= 0.6 is 15.9 Å². The van der Waals surface area contributed by atoms with E-state index in [4.69, 9.17) is 41.0 Å². The molecule has 4 spiro atoms. The van der Waals surface area contributed by atoms with Gasteiger partial charge in [-0.2, -0.15) is 0 Å². The van der Waals surface area contributed by atoms with Gasteiger partial charge >= 0.3 is 7.12 Å². The van der Waals surface area contributed by atoms with E-state index in [-0.39, 0.29) is 28.7 Å². The molecule has 6 aromatic rings. The van der Waals surface area contributed by atoms with Crippen LogP contribution in [0.5, 0.6) is 0 Å². The number of carbonyl (C=O) groups is 2. The lowest BCUT2D eigenvalue weighted by atomic mass is 9.65. The highest BCUT2D eigenvalue weighted by molar-refractivity contribution is 9.10. The molecule has 0 bridgehead atoms. The first-order valence-electron chi connectivity index (χ1n) is 25.6. The number of hydrogen-bond acceptors (Lipinski definition) is 12. The molecule has 14 nitrogen and oxygen atoms in total. The maximum Gasteiger partial charge on any atom is 0.490 e. The number of aliphatic imine (C=N–C) groups is 2. The van der Waals surface area contributed by atoms with Gasteiger partial charge in [-0.1, -0.05) is 82.7 Å². The van der Waals surface area contributed by atoms with Crippen molar-refractivity contribution in [3.63, 3.8) is 0 Å². The molecule has 2 aromatic heterocycles. The van der Waals surface area contributed by atoms with Gasteiger partial charge in [-0.15, -0.1) is 0 Å². The van der Waals surface area contributed by atoms with Crippen molar-refractivity contribution in [2.24, 2.45) is 32.3 Å². The summed E-state index contributed by atoms with van der Waals surface area (Å²) in [6.45, 7) is 1.58. The number of aromatic nitrogens is 2. The Bertz CT molecular complexity index is 3220. The number of guanidine groups is 2. The minimum absolute atomic E-state index is 0.000133. The number of fused-ring (bicyclic) bond motifs is 8. The first-order chi connectivity index (χ1) is 36.7. The van der Waals surface area contributed by atoms with E-state index in [1.165, 1.54) is 46.3 Å². The van der Waals surface area contributed by atoms with Crippen LogP contribution < -0.4 is 16.9 Å². The molecule has 76 heavy (non-hydrogen) atoms. The van der Waals surface area contributed by atoms with Crippen molar-refractivity contribution in [3.05, 3.63) is 182 Å². The van der Waals surface area contributed by atoms with E-state index in [0.717, 1.165) is 103 Å². The van der Waals surface area contributed by atoms with Crippen LogP contribution in [0.3, 0.4) is 0 Å². The van der Waals surface area contributed by atoms with Gasteiger partial charge in [-0.3, -0.25) is 29.4 Å². The summed E-state index contributed by atoms with van der Waals surface area (Å²) in [7, 11) is 1.59. The number of amides is 2. The van der Waals surface area contributed by atoms with E-state index < -0.39 is 35.2 Å². The maximum absolute atomic E-state index is 14.4. The van der Waals surface area contributed by atoms with Crippen LogP contribution in [0.4, 0.5) is 8.78 Å². The predicted molar refractivity (Wildman–Crippen MR) is 290 cm³/mol. The van der Waals surface area contributed by atoms with Crippen LogP contribution in [0.1, 0.15) is 70.2 Å². The third kappa shape index (κ3) is 9.20. The molecule has 0 fully saturated rings. The minimum atomic E-state index is -1.65. The Kier molecular flexibility index (Phi) is 14.8. The quantitative estimate of drug-likeness (QED) is 0.122. The third-order valence-electron chi connectivity index (χ3n) is 16.6. The SMILES string of the molecule is COCCN1C(=O)C2(N=C1N)c1cc(-c3cncc(F)c3)ccc1CC21CCc2ccccc2CC1.COCCN1C(=O)C2(N=C1N)c1cc(Br)ccc1CC21CCc2ccccc2CC1.OB(O)c1cncc(F)c1. The van der Waals surface area contributed by atoms with Crippen molar-refractivity contribution >= 4 is 52.2 Å². The van der Waals surface area contributed by atoms with Crippen molar-refractivity contribution in [1.29, 1.82) is 0 Å². The molecule has 0 radical (unpaired) electrons. The summed E-state index contributed by atoms with van der Waals surface area (Å²) in [6.07, 6.45) is 13.8. The second kappa shape index (κ2) is 21.4. The number of carbonyl (C=O) groups excluding carboxylic acids is 2. The molecule has 2 unspecified atom stereocenters. The lowest BCUT2D eigenvalue weighted by Gasteiger charge is -2.40. The summed E-state index contributed by atoms with van der Waals surface area (Å²) < 4.78 is 37.7. The van der Waals surface area contributed by atoms with Crippen molar-refractivity contribution < 1.29 is 37.9 Å². The van der Waals surface area contributed by atoms with E-state index in [9.17, 15) is 18.4 Å². The highest BCUT2D eigenvalue weighted by atomic mass is 79.9. The van der Waals surface area contributed by atoms with E-state index in [2.05, 4.69) is 98.7 Å². The summed E-state index contributed by atoms with van der Waals surface area (Å²) in [5, 5.41) is 17.0. The minimum Gasteiger partial charge on any atom is -0.423 e. The van der Waals surface area contributed by atoms with Gasteiger partial charge in [0.25, 0.3) is 11.8 Å². The van der Waals surface area contributed by atoms with E-state index in [1.807, 2.05) is 12.1 Å². The number of aryl methyl sites for hydroxylation is 4. The largest absolute Gasteiger partial charge is 0.490 e. The predicted octanol–water partition coefficient (Wildman–Crippen LogP) is 6.48. The molecule has 0 saturated heterocycles. The molecule has 4 aromatic carbocycles. The Balaban J connectivity index is 0.000000148. The van der Waals surface area contributed by atoms with Gasteiger partial charge in [0.1, 0.15) is 11.6 Å². The van der Waals surface area contributed by atoms with Crippen LogP contribution in [0.2, 0.25) is 0 Å². The average molecular weight is 1090 g/mol. The van der Waals surface area contributed by atoms with E-state index in [0.29, 0.717) is 37.8 Å². The Morgan fingerprint density at radius 1 is 0.592 bits per heavy atom. The monoisotopic (exact) mass is 1090 g/mol. The van der Waals surface area contributed by atoms with Gasteiger partial charge in [0.05, 0.1) is 38.7 Å². The normalized spacial score (nSPS) is 21.2. The van der Waals surface area contributed by atoms with Gasteiger partial charge in [0, 0.05) is 52.9 Å². The molecule has 0 saturated carbocycles. The van der Waals surface area contributed by atoms with Gasteiger partial charge < -0.3 is 31.0 Å². The third-order valence-corrected chi connectivity index (χ3v) is 17.1. The number of benzene rings is 4. The van der Waals surface area contributed by atoms with Gasteiger partial charge in [0.2, 0.25) is 0 Å². The molecular formula is C58H60BBrF2N8O6. The summed E-state index contributed by atoms with van der Waals surface area (Å²) in [4.78, 5) is 49.1. The molecule has 6 N–H and O–H groups in total. The molecule has 4 heterocycles. The lowest BCUT2D eigenvalue weighted by Crippen LogP contribution is -2.51. The van der Waals surface area contributed by atoms with Gasteiger partial charge in [-0.25, -0.2) is 18.8 Å². The van der Waals surface area contributed by atoms with E-state index in [1.54, 1.807) is 30.2 Å². The number of nitrogens with two attached hydrogens (primary N) is 2. The number of rotatable bonds is 8. The number of hydrogen-bond donors (Lipinski definition) is 4. The zero-order valence-corrected chi connectivity index (χ0v) is 44.1. The fraction of sp³-hybridized carbons (Fsp3) is 0.345. The summed E-state index contributed by atoms with van der Waals surface area (Å²) in [5.74, 6) is -0.512. The van der Waals surface area contributed by atoms with Gasteiger partial charge in [0.15, 0.2) is 23.0 Å². The molecule has 18 heteroatoms. The molecule has 6 aliphatic rings. The first kappa shape index (κ1) is 52.7. The van der Waals surface area contributed by atoms with Gasteiger partial charge in [-0.05, 0) is 145 Å². The fourth-order valence-corrected chi connectivity index (χ4v) is 13.3. The second-order valence-corrected chi connectivity index (χ2v) is 21.5. The van der Waals surface area contributed by atoms with Crippen molar-refractivity contribution in [1.82, 2.24) is 19.8 Å². The second-order valence-electron chi connectivity index (χ2n) is 20.6. The van der Waals surface area contributed by atoms with Crippen LogP contribution in [0, 0.1) is 22.5 Å². The van der Waals surface area contributed by atoms with Crippen LogP contribution in [-0.2, 0) is 68.7 Å². The zero-order valence-electron chi connectivity index (χ0n) is 42.5. The van der Waals surface area contributed by atoms with Crippen molar-refractivity contribution in [3.8, 4) is 11.1 Å². The fourth-order valence-electron chi connectivity index (χ4n) is 12.9. The summed E-state index contributed by atoms with van der Waals surface area (Å²) in [6, 6.07) is 32.0. The number of nitrogens with zero attached hydrogens (tertiary/aromatic N) is 6. The van der Waals surface area contributed by atoms with Crippen LogP contribution in [0.25, 0.3) is 11.1 Å². The molecule has 4 aliphatic carbocycles. The molecule has 2 aliphatic heterocycles. The summed E-state index contributed by atoms with van der Waals surface area (Å²) >= 11 is 3.61. The lowest BCUT2D eigenvalue weighted by molar-refractivity contribution is -0.137. The maximum atomic E-state index is 14.4. The van der Waals surface area contributed by atoms with Crippen molar-refractivity contribution in [2.75, 3.05) is 40.5 Å². The van der Waals surface area contributed by atoms with Crippen LogP contribution in [-0.4, -0.2) is 101 Å². The Morgan fingerprint density at radius 2 is 1.04 bits per heavy atom. The molecular weight excluding hydrogens is 1030 g/mol. The van der Waals surface area contributed by atoms with Crippen molar-refractivity contribution in [2.45, 2.75) is 75.3 Å². The standard InChI is InChI=1S/C29H29FN4O2.C24H26BrN3O2.C5H5BFNO2/c1-36-13-12-34-26(35)29(33-27(34)31)25-15-21(23-14-24(30)18-32-17-23)6-7-22(25)16-28(29)10-8-19-4-2-3-5-20(19)9-11-28;1-30-13-12-28-21(29)24(27-22(28)26)20-14-19(25)7-6-18(20)15-23(24)10-8-16-4-2-3-5-17(16)9-11-23;7-5-1-4(6(9)10)2-8-3-5/h2-7,14-15,17-18H,8-13,16H2,1H3,(H2,31,33);2-7,14H,8-13,15H2,1H3,(H2,26,27);1-3,9-10H. The van der Waals surface area contributed by atoms with E-state index >= 15 is 0 Å². The Hall–Kier alpha value is -6.70. The highest BCUT2D eigenvalue weighted by Gasteiger charge is 2.67. The molecule has 392 valence electrons. The molecule has 2 atom stereocenters. The highest BCUT2D eigenvalue weighted by Crippen LogP contribution is 2.63. The molecule has 2 amide bonds. The van der Waals surface area contributed by atoms with Crippen LogP contribution in [0.15, 0.2) is 136 Å². The number of halogens is 3. The number of ether oxygens (including phenoxy) is 2. The topological polar surface area (TPSA) is 202 Å².